The molecule has 0 radical (unpaired) electrons. The number of sulfonamides is 1. The zero-order chi connectivity index (χ0) is 23.1. The third-order valence-corrected chi connectivity index (χ3v) is 9.10. The van der Waals surface area contributed by atoms with E-state index in [-0.39, 0.29) is 28.4 Å². The number of rotatable bonds is 8. The lowest BCUT2D eigenvalue weighted by molar-refractivity contribution is -0.128. The Morgan fingerprint density at radius 2 is 1.78 bits per heavy atom. The second-order valence-corrected chi connectivity index (χ2v) is 11.5. The summed E-state index contributed by atoms with van der Waals surface area (Å²) < 4.78 is 28.8. The Morgan fingerprint density at radius 1 is 1.09 bits per heavy atom. The Kier molecular flexibility index (Phi) is 5.65. The number of hydrogen-bond donors (Lipinski definition) is 2. The van der Waals surface area contributed by atoms with Gasteiger partial charge in [-0.15, -0.1) is 0 Å². The molecule has 2 aromatic rings. The Labute approximate surface area is 189 Å². The second kappa shape index (κ2) is 8.03. The minimum absolute atomic E-state index is 0.0896. The number of carbonyl (C=O) groups is 2. The molecule has 4 rings (SSSR count). The molecule has 2 aromatic carbocycles. The van der Waals surface area contributed by atoms with Crippen LogP contribution in [0.4, 0.5) is 5.69 Å². The highest BCUT2D eigenvalue weighted by Crippen LogP contribution is 2.64. The van der Waals surface area contributed by atoms with Gasteiger partial charge >= 0.3 is 5.97 Å². The molecular formula is C25H29NO5S. The molecule has 0 aliphatic heterocycles. The van der Waals surface area contributed by atoms with Crippen LogP contribution in [0.2, 0.25) is 0 Å². The van der Waals surface area contributed by atoms with E-state index in [1.54, 1.807) is 30.3 Å². The van der Waals surface area contributed by atoms with Crippen LogP contribution in [0.3, 0.4) is 0 Å². The first kappa shape index (κ1) is 22.5. The first-order valence-corrected chi connectivity index (χ1v) is 12.6. The van der Waals surface area contributed by atoms with Crippen molar-refractivity contribution in [1.29, 1.82) is 0 Å². The van der Waals surface area contributed by atoms with Crippen LogP contribution in [0.1, 0.15) is 54.6 Å². The number of aromatic carboxylic acids is 1. The van der Waals surface area contributed by atoms with E-state index < -0.39 is 21.4 Å². The molecule has 0 spiro atoms. The van der Waals surface area contributed by atoms with Crippen LogP contribution in [0.15, 0.2) is 48.5 Å². The van der Waals surface area contributed by atoms with E-state index in [0.717, 1.165) is 17.5 Å². The molecule has 2 atom stereocenters. The van der Waals surface area contributed by atoms with Crippen LogP contribution in [-0.4, -0.2) is 31.0 Å². The normalized spacial score (nSPS) is 23.9. The molecule has 0 aromatic heterocycles. The van der Waals surface area contributed by atoms with E-state index in [1.807, 2.05) is 32.0 Å². The molecule has 2 bridgehead atoms. The highest BCUT2D eigenvalue weighted by Gasteiger charge is 2.65. The van der Waals surface area contributed by atoms with Crippen LogP contribution < -0.4 is 4.72 Å². The van der Waals surface area contributed by atoms with E-state index in [0.29, 0.717) is 31.4 Å². The number of aryl methyl sites for hydroxylation is 2. The first-order chi connectivity index (χ1) is 15.0. The number of anilines is 1. The highest BCUT2D eigenvalue weighted by molar-refractivity contribution is 7.92. The van der Waals surface area contributed by atoms with E-state index in [1.165, 1.54) is 0 Å². The number of fused-ring (bicyclic) bond motifs is 2. The van der Waals surface area contributed by atoms with Gasteiger partial charge in [-0.1, -0.05) is 38.1 Å². The quantitative estimate of drug-likeness (QED) is 0.618. The van der Waals surface area contributed by atoms with Crippen molar-refractivity contribution in [3.63, 3.8) is 0 Å². The van der Waals surface area contributed by atoms with E-state index >= 15 is 0 Å². The summed E-state index contributed by atoms with van der Waals surface area (Å²) >= 11 is 0. The maximum atomic E-state index is 13.0. The number of carboxylic acids is 1. The van der Waals surface area contributed by atoms with Gasteiger partial charge in [0.25, 0.3) is 0 Å². The summed E-state index contributed by atoms with van der Waals surface area (Å²) in [7, 11) is -3.69. The minimum Gasteiger partial charge on any atom is -0.478 e. The van der Waals surface area contributed by atoms with Crippen molar-refractivity contribution in [2.24, 2.45) is 16.7 Å². The SMILES string of the molecule is CC1(C)C2CCC1(CS(=O)(=O)Nc1cccc(CCc3ccc(C(=O)O)cc3)c1)C(=O)C2. The summed E-state index contributed by atoms with van der Waals surface area (Å²) in [4.78, 5) is 23.7. The van der Waals surface area contributed by atoms with Gasteiger partial charge in [0.15, 0.2) is 0 Å². The van der Waals surface area contributed by atoms with E-state index in [2.05, 4.69) is 4.72 Å². The number of Topliss-reactive ketones (excluding diaryl/α,β-unsaturated/α-hetero) is 1. The summed E-state index contributed by atoms with van der Waals surface area (Å²) in [6.07, 6.45) is 3.45. The monoisotopic (exact) mass is 455 g/mol. The van der Waals surface area contributed by atoms with Gasteiger partial charge in [-0.25, -0.2) is 13.2 Å². The summed E-state index contributed by atoms with van der Waals surface area (Å²) in [6, 6.07) is 14.1. The van der Waals surface area contributed by atoms with Crippen molar-refractivity contribution in [2.75, 3.05) is 10.5 Å². The van der Waals surface area contributed by atoms with Crippen molar-refractivity contribution < 1.29 is 23.1 Å². The lowest BCUT2D eigenvalue weighted by Gasteiger charge is -2.36. The van der Waals surface area contributed by atoms with Gasteiger partial charge in [0.1, 0.15) is 5.78 Å². The molecule has 170 valence electrons. The zero-order valence-corrected chi connectivity index (χ0v) is 19.2. The fourth-order valence-electron chi connectivity index (χ4n) is 5.54. The van der Waals surface area contributed by atoms with Gasteiger partial charge in [0, 0.05) is 12.1 Å². The summed E-state index contributed by atoms with van der Waals surface area (Å²) in [5.74, 6) is -0.751. The van der Waals surface area contributed by atoms with E-state index in [9.17, 15) is 18.0 Å². The Balaban J connectivity index is 1.43. The highest BCUT2D eigenvalue weighted by atomic mass is 32.2. The first-order valence-electron chi connectivity index (χ1n) is 11.0. The molecule has 2 N–H and O–H groups in total. The number of ketones is 1. The van der Waals surface area contributed by atoms with Crippen LogP contribution >= 0.6 is 0 Å². The fourth-order valence-corrected chi connectivity index (χ4v) is 7.43. The third-order valence-electron chi connectivity index (χ3n) is 7.68. The van der Waals surface area contributed by atoms with Gasteiger partial charge < -0.3 is 5.11 Å². The summed E-state index contributed by atoms with van der Waals surface area (Å²) in [6.45, 7) is 4.07. The number of carboxylic acid groups (broad SMARTS) is 1. The molecule has 32 heavy (non-hydrogen) atoms. The number of hydrogen-bond acceptors (Lipinski definition) is 4. The third kappa shape index (κ3) is 4.06. The molecule has 0 saturated heterocycles. The molecule has 7 heteroatoms. The molecular weight excluding hydrogens is 426 g/mol. The maximum Gasteiger partial charge on any atom is 0.335 e. The number of nitrogens with one attached hydrogen (secondary N) is 1. The maximum absolute atomic E-state index is 13.0. The van der Waals surface area contributed by atoms with Crippen molar-refractivity contribution in [1.82, 2.24) is 0 Å². The fraction of sp³-hybridized carbons (Fsp3) is 0.440. The minimum atomic E-state index is -3.69. The Morgan fingerprint density at radius 3 is 2.38 bits per heavy atom. The molecule has 2 saturated carbocycles. The average molecular weight is 456 g/mol. The predicted octanol–water partition coefficient (Wildman–Crippen LogP) is 4.31. The van der Waals surface area contributed by atoms with Crippen LogP contribution in [-0.2, 0) is 27.7 Å². The molecule has 2 unspecified atom stereocenters. The van der Waals surface area contributed by atoms with Crippen LogP contribution in [0.25, 0.3) is 0 Å². The molecule has 2 fully saturated rings. The van der Waals surface area contributed by atoms with Gasteiger partial charge in [0.05, 0.1) is 16.7 Å². The van der Waals surface area contributed by atoms with Gasteiger partial charge in [0.2, 0.25) is 10.0 Å². The van der Waals surface area contributed by atoms with Gasteiger partial charge in [-0.05, 0) is 72.4 Å². The van der Waals surface area contributed by atoms with Crippen molar-refractivity contribution >= 4 is 27.5 Å². The van der Waals surface area contributed by atoms with Crippen LogP contribution in [0.5, 0.6) is 0 Å². The topological polar surface area (TPSA) is 101 Å². The van der Waals surface area contributed by atoms with Crippen molar-refractivity contribution in [3.8, 4) is 0 Å². The predicted molar refractivity (Wildman–Crippen MR) is 123 cm³/mol. The van der Waals surface area contributed by atoms with Crippen LogP contribution in [0, 0.1) is 16.7 Å². The summed E-state index contributed by atoms with van der Waals surface area (Å²) in [5.41, 5.74) is 1.65. The van der Waals surface area contributed by atoms with Crippen molar-refractivity contribution in [3.05, 3.63) is 65.2 Å². The lowest BCUT2D eigenvalue weighted by Crippen LogP contribution is -2.43. The van der Waals surface area contributed by atoms with Gasteiger partial charge in [-0.2, -0.15) is 0 Å². The standard InChI is InChI=1S/C25H29NO5S/c1-24(2)20-12-13-25(24,22(27)15-20)16-32(30,31)26-21-5-3-4-18(14-21)7-6-17-8-10-19(11-9-17)23(28)29/h3-5,8-11,14,20,26H,6-7,12-13,15-16H2,1-2H3,(H,28,29). The number of carbonyl (C=O) groups excluding carboxylic acids is 1. The number of benzene rings is 2. The largest absolute Gasteiger partial charge is 0.478 e. The average Bonchev–Trinajstić information content (AvgIpc) is 3.06. The van der Waals surface area contributed by atoms with E-state index in [4.69, 9.17) is 5.11 Å². The molecule has 2 aliphatic carbocycles. The molecule has 0 amide bonds. The molecule has 0 heterocycles. The second-order valence-electron chi connectivity index (χ2n) is 9.73. The molecule has 2 aliphatic rings. The zero-order valence-electron chi connectivity index (χ0n) is 18.4. The lowest BCUT2D eigenvalue weighted by atomic mass is 9.70. The Bertz CT molecular complexity index is 1150. The molecule has 6 nitrogen and oxygen atoms in total. The van der Waals surface area contributed by atoms with Crippen molar-refractivity contribution in [2.45, 2.75) is 46.0 Å². The smallest absolute Gasteiger partial charge is 0.335 e. The Hall–Kier alpha value is -2.67. The van der Waals surface area contributed by atoms with Gasteiger partial charge in [-0.3, -0.25) is 9.52 Å². The summed E-state index contributed by atoms with van der Waals surface area (Å²) in [5, 5.41) is 9.00.